The summed E-state index contributed by atoms with van der Waals surface area (Å²) in [7, 11) is 5.84. The number of benzene rings is 1. The Morgan fingerprint density at radius 2 is 1.71 bits per heavy atom. The molecule has 0 radical (unpaired) electrons. The third kappa shape index (κ3) is 3.33. The van der Waals surface area contributed by atoms with Crippen LogP contribution in [0.1, 0.15) is 26.4 Å². The normalized spacial score (nSPS) is 12.9. The van der Waals surface area contributed by atoms with E-state index in [1.165, 1.54) is 39.8 Å². The van der Waals surface area contributed by atoms with E-state index in [2.05, 4.69) is 0 Å². The highest BCUT2D eigenvalue weighted by molar-refractivity contribution is 7.16. The van der Waals surface area contributed by atoms with Crippen LogP contribution in [0, 0.1) is 0 Å². The minimum absolute atomic E-state index is 0.222. The van der Waals surface area contributed by atoms with Gasteiger partial charge < -0.3 is 29.6 Å². The minimum Gasteiger partial charge on any atom is -0.493 e. The molecule has 1 aromatic heterocycles. The Kier molecular flexibility index (Phi) is 5.64. The maximum atomic E-state index is 13.3. The standard InChI is InChI=1S/C19H22N2O6S/c1-24-12-7-10(8-13(25-2)17(12)26-3)16(22)15-11-5-6-21(19(23)27-4)9-14(11)28-18(15)20/h7-8H,5-6,9,20H2,1-4H3. The van der Waals surface area contributed by atoms with Crippen LogP contribution in [0.3, 0.4) is 0 Å². The van der Waals surface area contributed by atoms with Gasteiger partial charge in [0.15, 0.2) is 17.3 Å². The van der Waals surface area contributed by atoms with Gasteiger partial charge in [-0.25, -0.2) is 4.79 Å². The van der Waals surface area contributed by atoms with Crippen LogP contribution in [0.15, 0.2) is 12.1 Å². The minimum atomic E-state index is -0.393. The Bertz CT molecular complexity index is 898. The molecule has 2 N–H and O–H groups in total. The molecule has 0 spiro atoms. The third-order valence-electron chi connectivity index (χ3n) is 4.67. The first kappa shape index (κ1) is 19.8. The molecular formula is C19H22N2O6S. The molecule has 1 amide bonds. The van der Waals surface area contributed by atoms with Crippen LogP contribution in [0.2, 0.25) is 0 Å². The fourth-order valence-electron chi connectivity index (χ4n) is 3.32. The van der Waals surface area contributed by atoms with Gasteiger partial charge in [-0.2, -0.15) is 0 Å². The second kappa shape index (κ2) is 7.97. The van der Waals surface area contributed by atoms with Gasteiger partial charge >= 0.3 is 6.09 Å². The van der Waals surface area contributed by atoms with Crippen LogP contribution in [-0.4, -0.2) is 51.8 Å². The van der Waals surface area contributed by atoms with Crippen molar-refractivity contribution in [1.29, 1.82) is 0 Å². The summed E-state index contributed by atoms with van der Waals surface area (Å²) in [5.41, 5.74) is 7.92. The van der Waals surface area contributed by atoms with E-state index in [1.54, 1.807) is 17.0 Å². The first-order valence-electron chi connectivity index (χ1n) is 8.52. The van der Waals surface area contributed by atoms with Crippen molar-refractivity contribution in [2.24, 2.45) is 0 Å². The van der Waals surface area contributed by atoms with Gasteiger partial charge in [-0.15, -0.1) is 11.3 Å². The molecule has 2 heterocycles. The van der Waals surface area contributed by atoms with Gasteiger partial charge in [-0.3, -0.25) is 4.79 Å². The van der Waals surface area contributed by atoms with E-state index in [0.717, 1.165) is 10.4 Å². The molecule has 1 aliphatic heterocycles. The third-order valence-corrected chi connectivity index (χ3v) is 5.72. The van der Waals surface area contributed by atoms with Crippen molar-refractivity contribution >= 4 is 28.2 Å². The zero-order valence-electron chi connectivity index (χ0n) is 16.2. The number of carbonyl (C=O) groups is 2. The van der Waals surface area contributed by atoms with Crippen molar-refractivity contribution in [2.75, 3.05) is 40.7 Å². The topological polar surface area (TPSA) is 100 Å². The Morgan fingerprint density at radius 1 is 1.07 bits per heavy atom. The highest BCUT2D eigenvalue weighted by Crippen LogP contribution is 2.41. The van der Waals surface area contributed by atoms with Crippen LogP contribution in [-0.2, 0) is 17.7 Å². The number of ketones is 1. The number of hydrogen-bond donors (Lipinski definition) is 1. The highest BCUT2D eigenvalue weighted by Gasteiger charge is 2.30. The number of ether oxygens (including phenoxy) is 4. The Morgan fingerprint density at radius 3 is 2.25 bits per heavy atom. The van der Waals surface area contributed by atoms with Crippen molar-refractivity contribution in [3.63, 3.8) is 0 Å². The number of amides is 1. The zero-order chi connectivity index (χ0) is 20.4. The molecule has 0 unspecified atom stereocenters. The van der Waals surface area contributed by atoms with E-state index in [4.69, 9.17) is 24.7 Å². The lowest BCUT2D eigenvalue weighted by Crippen LogP contribution is -2.35. The molecule has 150 valence electrons. The number of nitrogens with zero attached hydrogens (tertiary/aromatic N) is 1. The van der Waals surface area contributed by atoms with E-state index in [0.29, 0.717) is 52.9 Å². The lowest BCUT2D eigenvalue weighted by atomic mass is 9.96. The van der Waals surface area contributed by atoms with Crippen molar-refractivity contribution < 1.29 is 28.5 Å². The summed E-state index contributed by atoms with van der Waals surface area (Å²) < 4.78 is 20.8. The number of nitrogen functional groups attached to an aromatic ring is 1. The lowest BCUT2D eigenvalue weighted by Gasteiger charge is -2.25. The molecule has 0 saturated carbocycles. The molecular weight excluding hydrogens is 384 g/mol. The molecule has 0 saturated heterocycles. The molecule has 1 aromatic carbocycles. The first-order valence-corrected chi connectivity index (χ1v) is 9.34. The molecule has 0 atom stereocenters. The summed E-state index contributed by atoms with van der Waals surface area (Å²) >= 11 is 1.32. The molecule has 0 bridgehead atoms. The summed E-state index contributed by atoms with van der Waals surface area (Å²) in [6.07, 6.45) is 0.138. The van der Waals surface area contributed by atoms with Crippen molar-refractivity contribution in [3.8, 4) is 17.2 Å². The Labute approximate surface area is 166 Å². The van der Waals surface area contributed by atoms with Gasteiger partial charge in [0.25, 0.3) is 0 Å². The summed E-state index contributed by atoms with van der Waals surface area (Å²) in [6.45, 7) is 0.838. The highest BCUT2D eigenvalue weighted by atomic mass is 32.1. The predicted molar refractivity (Wildman–Crippen MR) is 105 cm³/mol. The molecule has 9 heteroatoms. The summed E-state index contributed by atoms with van der Waals surface area (Å²) in [6, 6.07) is 3.22. The number of hydrogen-bond acceptors (Lipinski definition) is 8. The molecule has 8 nitrogen and oxygen atoms in total. The Hall–Kier alpha value is -2.94. The SMILES string of the molecule is COC(=O)N1CCc2c(sc(N)c2C(=O)c2cc(OC)c(OC)c(OC)c2)C1. The van der Waals surface area contributed by atoms with Gasteiger partial charge in [0, 0.05) is 17.0 Å². The van der Waals surface area contributed by atoms with Gasteiger partial charge in [0.05, 0.1) is 45.5 Å². The van der Waals surface area contributed by atoms with Gasteiger partial charge in [0.1, 0.15) is 0 Å². The summed E-state index contributed by atoms with van der Waals surface area (Å²) in [5.74, 6) is 0.978. The number of anilines is 1. The average Bonchev–Trinajstić information content (AvgIpc) is 3.05. The zero-order valence-corrected chi connectivity index (χ0v) is 17.0. The number of fused-ring (bicyclic) bond motifs is 1. The summed E-state index contributed by atoms with van der Waals surface area (Å²) in [5, 5.41) is 0.426. The second-order valence-electron chi connectivity index (χ2n) is 6.13. The second-order valence-corrected chi connectivity index (χ2v) is 7.26. The van der Waals surface area contributed by atoms with Gasteiger partial charge in [-0.1, -0.05) is 0 Å². The monoisotopic (exact) mass is 406 g/mol. The van der Waals surface area contributed by atoms with Crippen LogP contribution in [0.4, 0.5) is 9.80 Å². The first-order chi connectivity index (χ1) is 13.4. The van der Waals surface area contributed by atoms with Crippen molar-refractivity contribution in [3.05, 3.63) is 33.7 Å². The molecule has 1 aliphatic rings. The number of thiophene rings is 1. The smallest absolute Gasteiger partial charge is 0.409 e. The fraction of sp³-hybridized carbons (Fsp3) is 0.368. The van der Waals surface area contributed by atoms with Crippen LogP contribution in [0.25, 0.3) is 0 Å². The van der Waals surface area contributed by atoms with E-state index in [-0.39, 0.29) is 5.78 Å². The van der Waals surface area contributed by atoms with Gasteiger partial charge in [0.2, 0.25) is 5.75 Å². The average molecular weight is 406 g/mol. The van der Waals surface area contributed by atoms with Crippen LogP contribution >= 0.6 is 11.3 Å². The predicted octanol–water partition coefficient (Wildman–Crippen LogP) is 2.71. The molecule has 3 rings (SSSR count). The molecule has 0 fully saturated rings. The molecule has 28 heavy (non-hydrogen) atoms. The number of nitrogens with two attached hydrogens (primary N) is 1. The van der Waals surface area contributed by atoms with Crippen LogP contribution < -0.4 is 19.9 Å². The number of rotatable bonds is 5. The van der Waals surface area contributed by atoms with E-state index < -0.39 is 6.09 Å². The van der Waals surface area contributed by atoms with E-state index in [9.17, 15) is 9.59 Å². The fourth-order valence-corrected chi connectivity index (χ4v) is 4.45. The number of methoxy groups -OCH3 is 4. The number of carbonyl (C=O) groups excluding carboxylic acids is 2. The quantitative estimate of drug-likeness (QED) is 0.762. The largest absolute Gasteiger partial charge is 0.493 e. The maximum Gasteiger partial charge on any atom is 0.409 e. The maximum absolute atomic E-state index is 13.3. The van der Waals surface area contributed by atoms with E-state index in [1.807, 2.05) is 0 Å². The van der Waals surface area contributed by atoms with Crippen LogP contribution in [0.5, 0.6) is 17.2 Å². The van der Waals surface area contributed by atoms with E-state index >= 15 is 0 Å². The van der Waals surface area contributed by atoms with Gasteiger partial charge in [-0.05, 0) is 24.1 Å². The Balaban J connectivity index is 2.01. The lowest BCUT2D eigenvalue weighted by molar-refractivity contribution is 0.103. The molecule has 2 aromatic rings. The molecule has 0 aliphatic carbocycles. The van der Waals surface area contributed by atoms with Crippen molar-refractivity contribution in [2.45, 2.75) is 13.0 Å². The summed E-state index contributed by atoms with van der Waals surface area (Å²) in [4.78, 5) is 27.6. The van der Waals surface area contributed by atoms with Crippen molar-refractivity contribution in [1.82, 2.24) is 4.90 Å².